The topological polar surface area (TPSA) is 42.9 Å². The van der Waals surface area contributed by atoms with E-state index < -0.39 is 7.14 Å². The van der Waals surface area contributed by atoms with E-state index in [4.69, 9.17) is 0 Å². The van der Waals surface area contributed by atoms with Crippen molar-refractivity contribution in [2.45, 2.75) is 6.92 Å². The molecule has 104 valence electrons. The van der Waals surface area contributed by atoms with Gasteiger partial charge in [-0.15, -0.1) is 5.10 Å². The van der Waals surface area contributed by atoms with E-state index in [9.17, 15) is 4.57 Å². The third-order valence-corrected chi connectivity index (χ3v) is 6.28. The average molecular weight is 294 g/mol. The van der Waals surface area contributed by atoms with E-state index in [1.807, 2.05) is 79.7 Å². The zero-order valence-corrected chi connectivity index (χ0v) is 12.6. The van der Waals surface area contributed by atoms with Crippen molar-refractivity contribution in [3.05, 3.63) is 78.5 Å². The van der Waals surface area contributed by atoms with Crippen molar-refractivity contribution in [3.8, 4) is 0 Å². The van der Waals surface area contributed by atoms with Crippen molar-refractivity contribution in [2.24, 2.45) is 0 Å². The first-order valence-electron chi connectivity index (χ1n) is 6.73. The summed E-state index contributed by atoms with van der Waals surface area (Å²) in [6.07, 6.45) is 0. The summed E-state index contributed by atoms with van der Waals surface area (Å²) < 4.78 is 13.8. The lowest BCUT2D eigenvalue weighted by atomic mass is 10.4. The first-order chi connectivity index (χ1) is 10.2. The Hall–Kier alpha value is -2.25. The van der Waals surface area contributed by atoms with Crippen LogP contribution in [0.3, 0.4) is 0 Å². The standard InChI is InChI=1S/C17H15N2OP/c1-14-12-13-17(19-18-14)21(20,15-8-4-2-5-9-15)16-10-6-3-7-11-16/h2-13H,1H3. The maximum Gasteiger partial charge on any atom is 0.190 e. The van der Waals surface area contributed by atoms with Gasteiger partial charge in [0.05, 0.1) is 5.69 Å². The molecule has 21 heavy (non-hydrogen) atoms. The Morgan fingerprint density at radius 1 is 0.714 bits per heavy atom. The van der Waals surface area contributed by atoms with Crippen molar-refractivity contribution < 1.29 is 4.57 Å². The summed E-state index contributed by atoms with van der Waals surface area (Å²) in [5.41, 5.74) is 1.33. The Morgan fingerprint density at radius 2 is 1.24 bits per heavy atom. The fourth-order valence-electron chi connectivity index (χ4n) is 2.25. The number of hydrogen-bond donors (Lipinski definition) is 0. The molecule has 1 heterocycles. The van der Waals surface area contributed by atoms with Crippen LogP contribution in [0.25, 0.3) is 0 Å². The SMILES string of the molecule is Cc1ccc(P(=O)(c2ccccc2)c2ccccc2)nn1. The van der Waals surface area contributed by atoms with Crippen molar-refractivity contribution >= 4 is 23.2 Å². The monoisotopic (exact) mass is 294 g/mol. The minimum Gasteiger partial charge on any atom is -0.307 e. The summed E-state index contributed by atoms with van der Waals surface area (Å²) >= 11 is 0. The first-order valence-corrected chi connectivity index (χ1v) is 8.44. The molecule has 0 saturated heterocycles. The number of aryl methyl sites for hydroxylation is 1. The molecule has 0 N–H and O–H groups in total. The fourth-order valence-corrected chi connectivity index (χ4v) is 4.72. The molecule has 3 nitrogen and oxygen atoms in total. The van der Waals surface area contributed by atoms with Gasteiger partial charge in [-0.3, -0.25) is 0 Å². The summed E-state index contributed by atoms with van der Waals surface area (Å²) in [5.74, 6) is 0. The zero-order valence-electron chi connectivity index (χ0n) is 11.7. The molecule has 0 fully saturated rings. The molecular formula is C17H15N2OP. The molecule has 1 aromatic heterocycles. The van der Waals surface area contributed by atoms with Crippen LogP contribution in [0, 0.1) is 6.92 Å². The van der Waals surface area contributed by atoms with Crippen LogP contribution in [0.5, 0.6) is 0 Å². The van der Waals surface area contributed by atoms with Gasteiger partial charge in [-0.25, -0.2) is 0 Å². The summed E-state index contributed by atoms with van der Waals surface area (Å²) in [6.45, 7) is 1.87. The van der Waals surface area contributed by atoms with Crippen LogP contribution < -0.4 is 16.0 Å². The lowest BCUT2D eigenvalue weighted by molar-refractivity contribution is 0.591. The predicted octanol–water partition coefficient (Wildman–Crippen LogP) is 2.42. The predicted molar refractivity (Wildman–Crippen MR) is 86.2 cm³/mol. The average Bonchev–Trinajstić information content (AvgIpc) is 2.56. The van der Waals surface area contributed by atoms with Crippen LogP contribution in [0.15, 0.2) is 72.8 Å². The second-order valence-electron chi connectivity index (χ2n) is 4.81. The third kappa shape index (κ3) is 2.53. The second-order valence-corrected chi connectivity index (χ2v) is 7.52. The van der Waals surface area contributed by atoms with Crippen LogP contribution in [0.1, 0.15) is 5.69 Å². The van der Waals surface area contributed by atoms with E-state index in [1.165, 1.54) is 0 Å². The normalized spacial score (nSPS) is 11.3. The van der Waals surface area contributed by atoms with E-state index in [1.54, 1.807) is 0 Å². The minimum absolute atomic E-state index is 0.519. The van der Waals surface area contributed by atoms with Gasteiger partial charge in [0.2, 0.25) is 0 Å². The highest BCUT2D eigenvalue weighted by Gasteiger charge is 2.31. The van der Waals surface area contributed by atoms with Crippen molar-refractivity contribution in [2.75, 3.05) is 0 Å². The Labute approximate surface area is 124 Å². The van der Waals surface area contributed by atoms with Gasteiger partial charge < -0.3 is 4.57 Å². The van der Waals surface area contributed by atoms with Crippen molar-refractivity contribution in [1.29, 1.82) is 0 Å². The van der Waals surface area contributed by atoms with E-state index in [-0.39, 0.29) is 0 Å². The Bertz CT molecular complexity index is 727. The van der Waals surface area contributed by atoms with Crippen LogP contribution in [0.2, 0.25) is 0 Å². The van der Waals surface area contributed by atoms with Gasteiger partial charge in [0.15, 0.2) is 7.14 Å². The molecule has 2 aromatic carbocycles. The molecule has 0 aliphatic rings. The summed E-state index contributed by atoms with van der Waals surface area (Å²) in [4.78, 5) is 0. The molecule has 0 amide bonds. The van der Waals surface area contributed by atoms with E-state index in [0.29, 0.717) is 5.44 Å². The fraction of sp³-hybridized carbons (Fsp3) is 0.0588. The quantitative estimate of drug-likeness (QED) is 0.697. The molecular weight excluding hydrogens is 279 g/mol. The van der Waals surface area contributed by atoms with Gasteiger partial charge in [0, 0.05) is 10.6 Å². The molecule has 0 bridgehead atoms. The molecule has 0 saturated carbocycles. The molecule has 0 atom stereocenters. The lowest BCUT2D eigenvalue weighted by Gasteiger charge is -2.18. The number of hydrogen-bond acceptors (Lipinski definition) is 3. The molecule has 0 aliphatic heterocycles. The van der Waals surface area contributed by atoms with Gasteiger partial charge in [0.25, 0.3) is 0 Å². The molecule has 3 rings (SSSR count). The van der Waals surface area contributed by atoms with E-state index in [0.717, 1.165) is 16.3 Å². The second kappa shape index (κ2) is 5.63. The zero-order chi connectivity index (χ0) is 14.7. The highest BCUT2D eigenvalue weighted by atomic mass is 31.2. The van der Waals surface area contributed by atoms with Gasteiger partial charge in [0.1, 0.15) is 5.44 Å². The van der Waals surface area contributed by atoms with Crippen molar-refractivity contribution in [1.82, 2.24) is 10.2 Å². The molecule has 0 aliphatic carbocycles. The molecule has 3 aromatic rings. The van der Waals surface area contributed by atoms with Gasteiger partial charge in [-0.2, -0.15) is 5.10 Å². The number of aromatic nitrogens is 2. The molecule has 4 heteroatoms. The Kier molecular flexibility index (Phi) is 3.68. The van der Waals surface area contributed by atoms with Gasteiger partial charge in [-0.05, 0) is 19.1 Å². The largest absolute Gasteiger partial charge is 0.307 e. The summed E-state index contributed by atoms with van der Waals surface area (Å²) in [5, 5.41) is 9.81. The van der Waals surface area contributed by atoms with E-state index >= 15 is 0 Å². The van der Waals surface area contributed by atoms with Gasteiger partial charge >= 0.3 is 0 Å². The lowest BCUT2D eigenvalue weighted by Crippen LogP contribution is -2.27. The van der Waals surface area contributed by atoms with Gasteiger partial charge in [-0.1, -0.05) is 60.7 Å². The maximum absolute atomic E-state index is 13.8. The van der Waals surface area contributed by atoms with Crippen LogP contribution in [-0.4, -0.2) is 10.2 Å². The summed E-state index contributed by atoms with van der Waals surface area (Å²) in [7, 11) is -2.97. The third-order valence-electron chi connectivity index (χ3n) is 3.35. The van der Waals surface area contributed by atoms with Crippen LogP contribution >= 0.6 is 7.14 Å². The summed E-state index contributed by atoms with van der Waals surface area (Å²) in [6, 6.07) is 22.6. The van der Waals surface area contributed by atoms with Crippen LogP contribution in [-0.2, 0) is 4.57 Å². The molecule has 0 spiro atoms. The van der Waals surface area contributed by atoms with Crippen LogP contribution in [0.4, 0.5) is 0 Å². The maximum atomic E-state index is 13.8. The number of rotatable bonds is 3. The molecule has 0 radical (unpaired) electrons. The van der Waals surface area contributed by atoms with E-state index in [2.05, 4.69) is 10.2 Å². The highest BCUT2D eigenvalue weighted by Crippen LogP contribution is 2.41. The Balaban J connectivity index is 2.26. The number of nitrogens with zero attached hydrogens (tertiary/aromatic N) is 2. The molecule has 0 unspecified atom stereocenters. The highest BCUT2D eigenvalue weighted by molar-refractivity contribution is 7.85. The smallest absolute Gasteiger partial charge is 0.190 e. The number of benzene rings is 2. The Morgan fingerprint density at radius 3 is 1.67 bits per heavy atom. The minimum atomic E-state index is -2.97. The first kappa shape index (κ1) is 13.7. The van der Waals surface area contributed by atoms with Crippen molar-refractivity contribution in [3.63, 3.8) is 0 Å².